The SMILES string of the molecule is CCN(Cc1cc(-c2ccccc2)no1)Cc1cccs1. The molecule has 0 saturated carbocycles. The Hall–Kier alpha value is -1.91. The second-order valence-corrected chi connectivity index (χ2v) is 5.96. The van der Waals surface area contributed by atoms with E-state index in [1.165, 1.54) is 4.88 Å². The number of thiophene rings is 1. The van der Waals surface area contributed by atoms with Crippen LogP contribution >= 0.6 is 11.3 Å². The Bertz CT molecular complexity index is 661. The highest BCUT2D eigenvalue weighted by atomic mass is 32.1. The third kappa shape index (κ3) is 3.60. The predicted octanol–water partition coefficient (Wildman–Crippen LogP) is 4.43. The number of rotatable bonds is 6. The minimum Gasteiger partial charge on any atom is -0.359 e. The molecule has 0 amide bonds. The molecule has 0 N–H and O–H groups in total. The maximum Gasteiger partial charge on any atom is 0.151 e. The first-order valence-corrected chi connectivity index (χ1v) is 7.99. The van der Waals surface area contributed by atoms with Crippen LogP contribution in [0.5, 0.6) is 0 Å². The van der Waals surface area contributed by atoms with Gasteiger partial charge in [-0.1, -0.05) is 48.5 Å². The van der Waals surface area contributed by atoms with Gasteiger partial charge in [-0.3, -0.25) is 4.90 Å². The van der Waals surface area contributed by atoms with Gasteiger partial charge in [-0.05, 0) is 18.0 Å². The maximum absolute atomic E-state index is 5.48. The molecule has 0 aliphatic carbocycles. The monoisotopic (exact) mass is 298 g/mol. The second kappa shape index (κ2) is 6.70. The van der Waals surface area contributed by atoms with E-state index in [-0.39, 0.29) is 0 Å². The van der Waals surface area contributed by atoms with Crippen LogP contribution in [0.15, 0.2) is 58.4 Å². The number of hydrogen-bond donors (Lipinski definition) is 0. The smallest absolute Gasteiger partial charge is 0.151 e. The van der Waals surface area contributed by atoms with Crippen molar-refractivity contribution in [1.82, 2.24) is 10.1 Å². The molecular weight excluding hydrogens is 280 g/mol. The second-order valence-electron chi connectivity index (χ2n) is 4.93. The van der Waals surface area contributed by atoms with Crippen LogP contribution in [0.25, 0.3) is 11.3 Å². The van der Waals surface area contributed by atoms with Gasteiger partial charge in [-0.15, -0.1) is 11.3 Å². The lowest BCUT2D eigenvalue weighted by molar-refractivity contribution is 0.236. The molecule has 21 heavy (non-hydrogen) atoms. The number of hydrogen-bond acceptors (Lipinski definition) is 4. The van der Waals surface area contributed by atoms with Gasteiger partial charge in [-0.25, -0.2) is 0 Å². The standard InChI is InChI=1S/C17H18N2OS/c1-2-19(13-16-9-6-10-21-16)12-15-11-17(18-20-15)14-7-4-3-5-8-14/h3-11H,2,12-13H2,1H3. The van der Waals surface area contributed by atoms with Crippen LogP contribution in [0, 0.1) is 0 Å². The van der Waals surface area contributed by atoms with E-state index in [4.69, 9.17) is 4.52 Å². The lowest BCUT2D eigenvalue weighted by Gasteiger charge is -2.17. The van der Waals surface area contributed by atoms with E-state index in [1.54, 1.807) is 11.3 Å². The van der Waals surface area contributed by atoms with Gasteiger partial charge < -0.3 is 4.52 Å². The van der Waals surface area contributed by atoms with Gasteiger partial charge in [0.2, 0.25) is 0 Å². The molecule has 0 unspecified atom stereocenters. The normalized spacial score (nSPS) is 11.1. The lowest BCUT2D eigenvalue weighted by Crippen LogP contribution is -2.21. The van der Waals surface area contributed by atoms with Crippen LogP contribution in [0.4, 0.5) is 0 Å². The van der Waals surface area contributed by atoms with Gasteiger partial charge in [0.15, 0.2) is 5.76 Å². The van der Waals surface area contributed by atoms with Crippen molar-refractivity contribution in [1.29, 1.82) is 0 Å². The Morgan fingerprint density at radius 1 is 1.10 bits per heavy atom. The van der Waals surface area contributed by atoms with E-state index in [2.05, 4.69) is 34.5 Å². The van der Waals surface area contributed by atoms with Crippen molar-refractivity contribution in [2.24, 2.45) is 0 Å². The van der Waals surface area contributed by atoms with Crippen LogP contribution in [-0.2, 0) is 13.1 Å². The highest BCUT2D eigenvalue weighted by molar-refractivity contribution is 7.09. The summed E-state index contributed by atoms with van der Waals surface area (Å²) in [6.07, 6.45) is 0. The molecule has 3 aromatic rings. The molecule has 2 heterocycles. The van der Waals surface area contributed by atoms with E-state index < -0.39 is 0 Å². The molecule has 108 valence electrons. The number of aromatic nitrogens is 1. The van der Waals surface area contributed by atoms with E-state index >= 15 is 0 Å². The molecule has 0 atom stereocenters. The van der Waals surface area contributed by atoms with Crippen molar-refractivity contribution in [3.63, 3.8) is 0 Å². The molecule has 3 rings (SSSR count). The van der Waals surface area contributed by atoms with Gasteiger partial charge >= 0.3 is 0 Å². The first-order valence-electron chi connectivity index (χ1n) is 7.11. The fraction of sp³-hybridized carbons (Fsp3) is 0.235. The van der Waals surface area contributed by atoms with Crippen molar-refractivity contribution in [2.75, 3.05) is 6.54 Å². The molecule has 2 aromatic heterocycles. The zero-order chi connectivity index (χ0) is 14.5. The summed E-state index contributed by atoms with van der Waals surface area (Å²) in [4.78, 5) is 3.72. The van der Waals surface area contributed by atoms with E-state index in [9.17, 15) is 0 Å². The van der Waals surface area contributed by atoms with Gasteiger partial charge in [0.05, 0.1) is 6.54 Å². The molecule has 0 bridgehead atoms. The van der Waals surface area contributed by atoms with E-state index in [0.717, 1.165) is 36.7 Å². The summed E-state index contributed by atoms with van der Waals surface area (Å²) in [7, 11) is 0. The van der Waals surface area contributed by atoms with Crippen molar-refractivity contribution >= 4 is 11.3 Å². The molecule has 3 nitrogen and oxygen atoms in total. The first kappa shape index (κ1) is 14.0. The Morgan fingerprint density at radius 3 is 2.67 bits per heavy atom. The molecule has 1 aromatic carbocycles. The summed E-state index contributed by atoms with van der Waals surface area (Å²) >= 11 is 1.79. The Labute approximate surface area is 128 Å². The number of benzene rings is 1. The molecule has 0 spiro atoms. The maximum atomic E-state index is 5.48. The van der Waals surface area contributed by atoms with E-state index in [1.807, 2.05) is 36.4 Å². The van der Waals surface area contributed by atoms with Crippen LogP contribution in [-0.4, -0.2) is 16.6 Å². The fourth-order valence-electron chi connectivity index (χ4n) is 2.26. The van der Waals surface area contributed by atoms with Gasteiger partial charge in [0.25, 0.3) is 0 Å². The predicted molar refractivity (Wildman–Crippen MR) is 86.0 cm³/mol. The Kier molecular flexibility index (Phi) is 4.48. The summed E-state index contributed by atoms with van der Waals surface area (Å²) in [5.74, 6) is 0.909. The van der Waals surface area contributed by atoms with Crippen molar-refractivity contribution < 1.29 is 4.52 Å². The number of nitrogens with zero attached hydrogens (tertiary/aromatic N) is 2. The van der Waals surface area contributed by atoms with Crippen LogP contribution in [0.2, 0.25) is 0 Å². The summed E-state index contributed by atoms with van der Waals surface area (Å²) in [5, 5.41) is 6.29. The van der Waals surface area contributed by atoms with Crippen LogP contribution < -0.4 is 0 Å². The summed E-state index contributed by atoms with van der Waals surface area (Å²) in [5.41, 5.74) is 1.99. The molecule has 0 aliphatic rings. The Morgan fingerprint density at radius 2 is 1.95 bits per heavy atom. The van der Waals surface area contributed by atoms with E-state index in [0.29, 0.717) is 0 Å². The lowest BCUT2D eigenvalue weighted by atomic mass is 10.1. The van der Waals surface area contributed by atoms with Crippen molar-refractivity contribution in [3.8, 4) is 11.3 Å². The molecular formula is C17H18N2OS. The zero-order valence-corrected chi connectivity index (χ0v) is 12.8. The highest BCUT2D eigenvalue weighted by Gasteiger charge is 2.11. The van der Waals surface area contributed by atoms with Crippen LogP contribution in [0.3, 0.4) is 0 Å². The first-order chi connectivity index (χ1) is 10.3. The minimum absolute atomic E-state index is 0.786. The van der Waals surface area contributed by atoms with Gasteiger partial charge in [0.1, 0.15) is 5.69 Å². The molecule has 0 fully saturated rings. The van der Waals surface area contributed by atoms with Gasteiger partial charge in [0, 0.05) is 23.1 Å². The highest BCUT2D eigenvalue weighted by Crippen LogP contribution is 2.20. The zero-order valence-electron chi connectivity index (χ0n) is 12.0. The minimum atomic E-state index is 0.786. The third-order valence-corrected chi connectivity index (χ3v) is 4.28. The molecule has 0 aliphatic heterocycles. The average Bonchev–Trinajstić information content (AvgIpc) is 3.19. The van der Waals surface area contributed by atoms with Crippen molar-refractivity contribution in [3.05, 3.63) is 64.5 Å². The summed E-state index contributed by atoms with van der Waals surface area (Å²) < 4.78 is 5.48. The fourth-order valence-corrected chi connectivity index (χ4v) is 3.00. The largest absolute Gasteiger partial charge is 0.359 e. The summed E-state index contributed by atoms with van der Waals surface area (Å²) in [6.45, 7) is 4.89. The van der Waals surface area contributed by atoms with Crippen molar-refractivity contribution in [2.45, 2.75) is 20.0 Å². The van der Waals surface area contributed by atoms with Crippen LogP contribution in [0.1, 0.15) is 17.6 Å². The third-order valence-electron chi connectivity index (χ3n) is 3.41. The molecule has 0 radical (unpaired) electrons. The quantitative estimate of drug-likeness (QED) is 0.674. The average molecular weight is 298 g/mol. The van der Waals surface area contributed by atoms with Gasteiger partial charge in [-0.2, -0.15) is 0 Å². The topological polar surface area (TPSA) is 29.3 Å². The molecule has 0 saturated heterocycles. The Balaban J connectivity index is 1.68. The summed E-state index contributed by atoms with van der Waals surface area (Å²) in [6, 6.07) is 16.4. The molecule has 4 heteroatoms.